The molecule has 154 valence electrons. The topological polar surface area (TPSA) is 54.5 Å². The average molecular weight is 442 g/mol. The summed E-state index contributed by atoms with van der Waals surface area (Å²) in [6.07, 6.45) is -3.83. The number of nitrogens with zero attached hydrogens (tertiary/aromatic N) is 2. The largest absolute Gasteiger partial charge is 0.495 e. The number of rotatable bonds is 4. The number of thiophene rings is 1. The first-order valence-corrected chi connectivity index (χ1v) is 10.6. The number of aromatic nitrogens is 1. The zero-order chi connectivity index (χ0) is 20.6. The van der Waals surface area contributed by atoms with Gasteiger partial charge in [-0.05, 0) is 31.0 Å². The van der Waals surface area contributed by atoms with Crippen LogP contribution in [0.3, 0.4) is 0 Å². The lowest BCUT2D eigenvalue weighted by molar-refractivity contribution is -0.184. The van der Waals surface area contributed by atoms with E-state index in [-0.39, 0.29) is 18.9 Å². The Bertz CT molecular complexity index is 1000. The van der Waals surface area contributed by atoms with E-state index in [2.05, 4.69) is 10.3 Å². The second-order valence-electron chi connectivity index (χ2n) is 6.76. The number of ether oxygens (including phenoxy) is 1. The fourth-order valence-electron chi connectivity index (χ4n) is 3.34. The molecule has 1 aliphatic rings. The van der Waals surface area contributed by atoms with E-state index in [0.717, 1.165) is 10.4 Å². The monoisotopic (exact) mass is 441 g/mol. The summed E-state index contributed by atoms with van der Waals surface area (Å²) in [6.45, 7) is 0.0763. The Balaban J connectivity index is 1.50. The van der Waals surface area contributed by atoms with Gasteiger partial charge in [0.15, 0.2) is 5.13 Å². The molecule has 0 aliphatic carbocycles. The summed E-state index contributed by atoms with van der Waals surface area (Å²) in [4.78, 5) is 19.6. The lowest BCUT2D eigenvalue weighted by Crippen LogP contribution is -2.44. The molecular weight excluding hydrogens is 423 g/mol. The highest BCUT2D eigenvalue weighted by Crippen LogP contribution is 2.38. The molecule has 29 heavy (non-hydrogen) atoms. The fraction of sp³-hybridized carbons (Fsp3) is 0.368. The minimum Gasteiger partial charge on any atom is -0.495 e. The molecule has 3 aromatic rings. The van der Waals surface area contributed by atoms with Crippen LogP contribution in [0, 0.1) is 5.92 Å². The molecule has 3 heterocycles. The van der Waals surface area contributed by atoms with E-state index in [0.29, 0.717) is 33.6 Å². The summed E-state index contributed by atoms with van der Waals surface area (Å²) in [5.74, 6) is -1.12. The third-order valence-corrected chi connectivity index (χ3v) is 6.88. The molecule has 0 unspecified atom stereocenters. The number of nitrogens with one attached hydrogen (secondary N) is 1. The van der Waals surface area contributed by atoms with Crippen LogP contribution in [0.4, 0.5) is 24.0 Å². The van der Waals surface area contributed by atoms with Crippen LogP contribution in [-0.4, -0.2) is 42.2 Å². The standard InChI is InChI=1S/C19H18F3N3O2S2/c1-27-13-7-3-2-6-12(13)23-18-24-16-14(29-18)9-15(28-16)17(26)25-8-4-5-11(10-25)19(20,21)22/h2-3,6-7,9,11H,4-5,8,10H2,1H3,(H,23,24)/t11-/m1/s1. The first-order chi connectivity index (χ1) is 13.8. The third kappa shape index (κ3) is 4.18. The molecule has 5 nitrogen and oxygen atoms in total. The summed E-state index contributed by atoms with van der Waals surface area (Å²) < 4.78 is 45.2. The van der Waals surface area contributed by atoms with Gasteiger partial charge in [-0.1, -0.05) is 23.5 Å². The van der Waals surface area contributed by atoms with Crippen molar-refractivity contribution in [3.63, 3.8) is 0 Å². The minimum absolute atomic E-state index is 0.0757. The van der Waals surface area contributed by atoms with Crippen LogP contribution in [0.2, 0.25) is 0 Å². The van der Waals surface area contributed by atoms with Crippen LogP contribution in [0.25, 0.3) is 9.53 Å². The molecule has 1 aliphatic heterocycles. The molecule has 10 heteroatoms. The number of piperidine rings is 1. The van der Waals surface area contributed by atoms with Crippen molar-refractivity contribution >= 4 is 48.9 Å². The number of halogens is 3. The van der Waals surface area contributed by atoms with Gasteiger partial charge in [0.05, 0.1) is 28.3 Å². The van der Waals surface area contributed by atoms with E-state index in [1.54, 1.807) is 13.2 Å². The highest BCUT2D eigenvalue weighted by atomic mass is 32.1. The molecule has 1 amide bonds. The first kappa shape index (κ1) is 20.0. The van der Waals surface area contributed by atoms with Crippen LogP contribution in [0.5, 0.6) is 5.75 Å². The fourth-order valence-corrected chi connectivity index (χ4v) is 5.44. The van der Waals surface area contributed by atoms with Crippen molar-refractivity contribution in [2.45, 2.75) is 19.0 Å². The molecule has 0 radical (unpaired) electrons. The lowest BCUT2D eigenvalue weighted by Gasteiger charge is -2.33. The maximum atomic E-state index is 13.0. The number of anilines is 2. The van der Waals surface area contributed by atoms with Crippen LogP contribution in [0.1, 0.15) is 22.5 Å². The minimum atomic E-state index is -4.27. The molecule has 0 bridgehead atoms. The SMILES string of the molecule is COc1ccccc1Nc1nc2sc(C(=O)N3CCC[C@@H](C(F)(F)F)C3)cc2s1. The van der Waals surface area contributed by atoms with Gasteiger partial charge in [-0.15, -0.1) is 11.3 Å². The first-order valence-electron chi connectivity index (χ1n) is 9.01. The summed E-state index contributed by atoms with van der Waals surface area (Å²) in [7, 11) is 1.59. The van der Waals surface area contributed by atoms with Gasteiger partial charge in [-0.3, -0.25) is 4.79 Å². The molecular formula is C19H18F3N3O2S2. The van der Waals surface area contributed by atoms with Crippen molar-refractivity contribution in [2.75, 3.05) is 25.5 Å². The Labute approximate surface area is 173 Å². The van der Waals surface area contributed by atoms with Crippen molar-refractivity contribution in [1.29, 1.82) is 0 Å². The van der Waals surface area contributed by atoms with Gasteiger partial charge in [-0.2, -0.15) is 13.2 Å². The highest BCUT2D eigenvalue weighted by molar-refractivity contribution is 7.29. The van der Waals surface area contributed by atoms with Gasteiger partial charge in [0.2, 0.25) is 0 Å². The number of benzene rings is 1. The average Bonchev–Trinajstić information content (AvgIpc) is 3.26. The van der Waals surface area contributed by atoms with E-state index >= 15 is 0 Å². The smallest absolute Gasteiger partial charge is 0.393 e. The summed E-state index contributed by atoms with van der Waals surface area (Å²) >= 11 is 2.59. The van der Waals surface area contributed by atoms with Crippen LogP contribution in [0.15, 0.2) is 30.3 Å². The predicted octanol–water partition coefficient (Wildman–Crippen LogP) is 5.52. The molecule has 0 spiro atoms. The Hall–Kier alpha value is -2.33. The number of carbonyl (C=O) groups excluding carboxylic acids is 1. The molecule has 1 N–H and O–H groups in total. The van der Waals surface area contributed by atoms with E-state index < -0.39 is 12.1 Å². The lowest BCUT2D eigenvalue weighted by atomic mass is 9.97. The molecule has 0 saturated carbocycles. The molecule has 1 aromatic carbocycles. The second kappa shape index (κ2) is 7.83. The van der Waals surface area contributed by atoms with E-state index in [9.17, 15) is 18.0 Å². The van der Waals surface area contributed by atoms with Gasteiger partial charge in [-0.25, -0.2) is 4.98 Å². The number of alkyl halides is 3. The number of para-hydroxylation sites is 2. The van der Waals surface area contributed by atoms with Crippen LogP contribution in [-0.2, 0) is 0 Å². The quantitative estimate of drug-likeness (QED) is 0.579. The van der Waals surface area contributed by atoms with Crippen molar-refractivity contribution in [2.24, 2.45) is 5.92 Å². The summed E-state index contributed by atoms with van der Waals surface area (Å²) in [5.41, 5.74) is 0.777. The Morgan fingerprint density at radius 1 is 1.31 bits per heavy atom. The van der Waals surface area contributed by atoms with Crippen molar-refractivity contribution < 1.29 is 22.7 Å². The Morgan fingerprint density at radius 2 is 2.10 bits per heavy atom. The molecule has 1 fully saturated rings. The Morgan fingerprint density at radius 3 is 2.83 bits per heavy atom. The summed E-state index contributed by atoms with van der Waals surface area (Å²) in [6, 6.07) is 9.17. The molecule has 1 atom stereocenters. The Kier molecular flexibility index (Phi) is 5.39. The van der Waals surface area contributed by atoms with E-state index in [1.807, 2.05) is 24.3 Å². The van der Waals surface area contributed by atoms with Gasteiger partial charge in [0, 0.05) is 13.1 Å². The van der Waals surface area contributed by atoms with Crippen LogP contribution < -0.4 is 10.1 Å². The maximum Gasteiger partial charge on any atom is 0.393 e. The van der Waals surface area contributed by atoms with Gasteiger partial charge in [0.25, 0.3) is 5.91 Å². The second-order valence-corrected chi connectivity index (χ2v) is 8.82. The van der Waals surface area contributed by atoms with Crippen LogP contribution >= 0.6 is 22.7 Å². The number of hydrogen-bond acceptors (Lipinski definition) is 6. The molecule has 2 aromatic heterocycles. The highest BCUT2D eigenvalue weighted by Gasteiger charge is 2.42. The zero-order valence-corrected chi connectivity index (χ0v) is 17.1. The van der Waals surface area contributed by atoms with Crippen molar-refractivity contribution in [3.8, 4) is 5.75 Å². The van der Waals surface area contributed by atoms with E-state index in [4.69, 9.17) is 4.74 Å². The number of thiazole rings is 1. The number of methoxy groups -OCH3 is 1. The third-order valence-electron chi connectivity index (χ3n) is 4.82. The van der Waals surface area contributed by atoms with Crippen molar-refractivity contribution in [3.05, 3.63) is 35.2 Å². The number of carbonyl (C=O) groups is 1. The van der Waals surface area contributed by atoms with Gasteiger partial charge in [0.1, 0.15) is 10.6 Å². The van der Waals surface area contributed by atoms with Gasteiger partial charge < -0.3 is 15.0 Å². The number of hydrogen-bond donors (Lipinski definition) is 1. The number of likely N-dealkylation sites (tertiary alicyclic amines) is 1. The number of amides is 1. The molecule has 1 saturated heterocycles. The normalized spacial score (nSPS) is 17.5. The summed E-state index contributed by atoms with van der Waals surface area (Å²) in [5, 5.41) is 3.86. The van der Waals surface area contributed by atoms with Gasteiger partial charge >= 0.3 is 6.18 Å². The van der Waals surface area contributed by atoms with E-state index in [1.165, 1.54) is 27.6 Å². The number of fused-ring (bicyclic) bond motifs is 1. The van der Waals surface area contributed by atoms with Crippen molar-refractivity contribution in [1.82, 2.24) is 9.88 Å². The maximum absolute atomic E-state index is 13.0. The zero-order valence-electron chi connectivity index (χ0n) is 15.5. The molecule has 4 rings (SSSR count). The predicted molar refractivity (Wildman–Crippen MR) is 108 cm³/mol.